The van der Waals surface area contributed by atoms with E-state index in [0.29, 0.717) is 32.8 Å². The van der Waals surface area contributed by atoms with Crippen molar-refractivity contribution in [1.29, 1.82) is 0 Å². The van der Waals surface area contributed by atoms with Crippen LogP contribution in [0.25, 0.3) is 0 Å². The zero-order valence-electron chi connectivity index (χ0n) is 17.8. The van der Waals surface area contributed by atoms with Crippen LogP contribution in [-0.2, 0) is 4.79 Å². The lowest BCUT2D eigenvalue weighted by molar-refractivity contribution is -0.113. The number of carbonyl (C=O) groups is 3. The number of benzene rings is 2. The minimum absolute atomic E-state index is 0.125. The van der Waals surface area contributed by atoms with Gasteiger partial charge in [-0.25, -0.2) is 0 Å². The summed E-state index contributed by atoms with van der Waals surface area (Å²) in [5, 5.41) is 15.4. The number of amides is 1. The summed E-state index contributed by atoms with van der Waals surface area (Å²) < 4.78 is 0.707. The number of rotatable bonds is 6. The fourth-order valence-corrected chi connectivity index (χ4v) is 5.94. The summed E-state index contributed by atoms with van der Waals surface area (Å²) in [6.07, 6.45) is 6.07. The van der Waals surface area contributed by atoms with Gasteiger partial charge < -0.3 is 10.6 Å². The topological polar surface area (TPSA) is 101 Å². The zero-order valence-corrected chi connectivity index (χ0v) is 19.4. The SMILES string of the molecule is O=C(CSc1nnc(NC2CCCCC2)s1)Nc1cccc2c1C(=O)c1ccccc1C2=O. The van der Waals surface area contributed by atoms with Crippen molar-refractivity contribution >= 4 is 51.4 Å². The first-order chi connectivity index (χ1) is 16.1. The van der Waals surface area contributed by atoms with Crippen LogP contribution in [0, 0.1) is 0 Å². The summed E-state index contributed by atoms with van der Waals surface area (Å²) in [6, 6.07) is 12.2. The van der Waals surface area contributed by atoms with Crippen molar-refractivity contribution in [1.82, 2.24) is 10.2 Å². The molecule has 2 aliphatic carbocycles. The molecule has 0 bridgehead atoms. The van der Waals surface area contributed by atoms with Crippen LogP contribution in [0.15, 0.2) is 46.8 Å². The van der Waals surface area contributed by atoms with E-state index >= 15 is 0 Å². The van der Waals surface area contributed by atoms with Gasteiger partial charge in [-0.05, 0) is 18.9 Å². The summed E-state index contributed by atoms with van der Waals surface area (Å²) in [6.45, 7) is 0. The first-order valence-corrected chi connectivity index (χ1v) is 12.7. The van der Waals surface area contributed by atoms with Gasteiger partial charge in [0.15, 0.2) is 15.9 Å². The normalized spacial score (nSPS) is 15.6. The molecule has 2 N–H and O–H groups in total. The molecule has 0 spiro atoms. The van der Waals surface area contributed by atoms with Crippen LogP contribution in [0.4, 0.5) is 10.8 Å². The number of ketones is 2. The van der Waals surface area contributed by atoms with Gasteiger partial charge in [0.1, 0.15) is 0 Å². The molecule has 0 atom stereocenters. The van der Waals surface area contributed by atoms with Gasteiger partial charge in [0.2, 0.25) is 11.0 Å². The van der Waals surface area contributed by atoms with E-state index in [-0.39, 0.29) is 28.8 Å². The molecule has 9 heteroatoms. The third-order valence-electron chi connectivity index (χ3n) is 5.89. The van der Waals surface area contributed by atoms with Crippen LogP contribution >= 0.6 is 23.1 Å². The Morgan fingerprint density at radius 2 is 1.67 bits per heavy atom. The van der Waals surface area contributed by atoms with E-state index in [1.807, 2.05) is 0 Å². The maximum atomic E-state index is 13.1. The number of hydrogen-bond acceptors (Lipinski definition) is 8. The van der Waals surface area contributed by atoms with E-state index in [2.05, 4.69) is 20.8 Å². The number of fused-ring (bicyclic) bond motifs is 2. The molecule has 0 saturated heterocycles. The number of aromatic nitrogens is 2. The molecule has 2 aromatic carbocycles. The second kappa shape index (κ2) is 9.44. The Morgan fingerprint density at radius 3 is 2.45 bits per heavy atom. The van der Waals surface area contributed by atoms with Crippen molar-refractivity contribution in [3.63, 3.8) is 0 Å². The summed E-state index contributed by atoms with van der Waals surface area (Å²) in [5.74, 6) is -0.617. The largest absolute Gasteiger partial charge is 0.357 e. The third kappa shape index (κ3) is 4.56. The minimum Gasteiger partial charge on any atom is -0.357 e. The summed E-state index contributed by atoms with van der Waals surface area (Å²) in [4.78, 5) is 38.6. The van der Waals surface area contributed by atoms with E-state index < -0.39 is 0 Å². The van der Waals surface area contributed by atoms with Gasteiger partial charge >= 0.3 is 0 Å². The van der Waals surface area contributed by atoms with Crippen molar-refractivity contribution in [2.24, 2.45) is 0 Å². The predicted octanol–water partition coefficient (Wildman–Crippen LogP) is 4.79. The third-order valence-corrected chi connectivity index (χ3v) is 7.88. The Hall–Kier alpha value is -3.04. The molecule has 1 fully saturated rings. The average molecular weight is 479 g/mol. The Balaban J connectivity index is 1.24. The first kappa shape index (κ1) is 21.8. The van der Waals surface area contributed by atoms with Gasteiger partial charge in [0.25, 0.3) is 0 Å². The molecule has 3 aromatic rings. The molecule has 0 unspecified atom stereocenters. The molecule has 1 saturated carbocycles. The Kier molecular flexibility index (Phi) is 6.24. The number of anilines is 2. The zero-order chi connectivity index (χ0) is 22.8. The van der Waals surface area contributed by atoms with E-state index in [0.717, 1.165) is 18.0 Å². The highest BCUT2D eigenvalue weighted by Crippen LogP contribution is 2.32. The number of nitrogens with zero attached hydrogens (tertiary/aromatic N) is 2. The van der Waals surface area contributed by atoms with Gasteiger partial charge in [0, 0.05) is 22.7 Å². The summed E-state index contributed by atoms with van der Waals surface area (Å²) >= 11 is 2.74. The van der Waals surface area contributed by atoms with Gasteiger partial charge in [-0.1, -0.05) is 78.8 Å². The van der Waals surface area contributed by atoms with Crippen molar-refractivity contribution < 1.29 is 14.4 Å². The number of hydrogen-bond donors (Lipinski definition) is 2. The monoisotopic (exact) mass is 478 g/mol. The molecule has 2 aliphatic rings. The molecule has 5 rings (SSSR count). The molecule has 0 aliphatic heterocycles. The van der Waals surface area contributed by atoms with Crippen LogP contribution in [0.3, 0.4) is 0 Å². The molecule has 1 amide bonds. The van der Waals surface area contributed by atoms with Gasteiger partial charge in [-0.15, -0.1) is 10.2 Å². The van der Waals surface area contributed by atoms with Crippen molar-refractivity contribution in [2.75, 3.05) is 16.4 Å². The van der Waals surface area contributed by atoms with Crippen LogP contribution in [-0.4, -0.2) is 39.5 Å². The van der Waals surface area contributed by atoms with Crippen molar-refractivity contribution in [2.45, 2.75) is 42.5 Å². The molecule has 1 heterocycles. The lowest BCUT2D eigenvalue weighted by Crippen LogP contribution is -2.24. The van der Waals surface area contributed by atoms with Gasteiger partial charge in [-0.3, -0.25) is 14.4 Å². The van der Waals surface area contributed by atoms with Gasteiger partial charge in [-0.2, -0.15) is 0 Å². The summed E-state index contributed by atoms with van der Waals surface area (Å²) in [5.41, 5.74) is 1.66. The van der Waals surface area contributed by atoms with Crippen LogP contribution in [0.2, 0.25) is 0 Å². The maximum absolute atomic E-state index is 13.1. The minimum atomic E-state index is -0.274. The predicted molar refractivity (Wildman–Crippen MR) is 130 cm³/mol. The fourth-order valence-electron chi connectivity index (χ4n) is 4.31. The molecular weight excluding hydrogens is 456 g/mol. The Bertz CT molecular complexity index is 1230. The van der Waals surface area contributed by atoms with Crippen LogP contribution in [0.5, 0.6) is 0 Å². The molecule has 0 radical (unpaired) electrons. The lowest BCUT2D eigenvalue weighted by atomic mass is 9.83. The van der Waals surface area contributed by atoms with E-state index in [4.69, 9.17) is 0 Å². The fraction of sp³-hybridized carbons (Fsp3) is 0.292. The number of carbonyl (C=O) groups excluding carboxylic acids is 3. The second-order valence-electron chi connectivity index (χ2n) is 8.12. The highest BCUT2D eigenvalue weighted by atomic mass is 32.2. The van der Waals surface area contributed by atoms with E-state index in [9.17, 15) is 14.4 Å². The standard InChI is InChI=1S/C24H22N4O3S2/c29-19(13-32-24-28-27-23(33-24)25-14-7-2-1-3-8-14)26-18-12-6-11-17-20(18)22(31)16-10-5-4-9-15(16)21(17)30/h4-6,9-12,14H,1-3,7-8,13H2,(H,25,27)(H,26,29). The first-order valence-electron chi connectivity index (χ1n) is 10.9. The molecule has 7 nitrogen and oxygen atoms in total. The molecule has 168 valence electrons. The lowest BCUT2D eigenvalue weighted by Gasteiger charge is -2.21. The van der Waals surface area contributed by atoms with E-state index in [1.165, 1.54) is 42.4 Å². The van der Waals surface area contributed by atoms with Gasteiger partial charge in [0.05, 0.1) is 17.0 Å². The summed E-state index contributed by atoms with van der Waals surface area (Å²) in [7, 11) is 0. The second-order valence-corrected chi connectivity index (χ2v) is 10.3. The van der Waals surface area contributed by atoms with Crippen molar-refractivity contribution in [3.8, 4) is 0 Å². The maximum Gasteiger partial charge on any atom is 0.234 e. The van der Waals surface area contributed by atoms with E-state index in [1.54, 1.807) is 42.5 Å². The van der Waals surface area contributed by atoms with Crippen LogP contribution < -0.4 is 10.6 Å². The van der Waals surface area contributed by atoms with Crippen molar-refractivity contribution in [3.05, 3.63) is 64.7 Å². The van der Waals surface area contributed by atoms with Crippen LogP contribution in [0.1, 0.15) is 63.9 Å². The number of thioether (sulfide) groups is 1. The number of nitrogens with one attached hydrogen (secondary N) is 2. The quantitative estimate of drug-likeness (QED) is 0.384. The Labute approximate surface area is 199 Å². The molecular formula is C24H22N4O3S2. The highest BCUT2D eigenvalue weighted by Gasteiger charge is 2.31. The smallest absolute Gasteiger partial charge is 0.234 e. The molecule has 1 aromatic heterocycles. The average Bonchev–Trinajstić information content (AvgIpc) is 3.29. The highest BCUT2D eigenvalue weighted by molar-refractivity contribution is 8.01. The molecule has 33 heavy (non-hydrogen) atoms. The Morgan fingerprint density at radius 1 is 0.939 bits per heavy atom.